The number of unbranched alkanes of at least 4 members (excludes halogenated alkanes) is 2. The highest BCUT2D eigenvalue weighted by Crippen LogP contribution is 2.42. The fraction of sp³-hybridized carbons (Fsp3) is 0.280. The van der Waals surface area contributed by atoms with Crippen LogP contribution in [0.1, 0.15) is 64.5 Å². The number of amides is 2. The Bertz CT molecular complexity index is 2640. The van der Waals surface area contributed by atoms with Gasteiger partial charge in [-0.05, 0) is 175 Å². The first-order chi connectivity index (χ1) is 32.1. The van der Waals surface area contributed by atoms with E-state index in [2.05, 4.69) is 107 Å². The van der Waals surface area contributed by atoms with Crippen molar-refractivity contribution >= 4 is 120 Å². The fourth-order valence-corrected chi connectivity index (χ4v) is 9.74. The third-order valence-corrected chi connectivity index (χ3v) is 14.2. The van der Waals surface area contributed by atoms with Crippen molar-refractivity contribution in [3.8, 4) is 23.0 Å². The van der Waals surface area contributed by atoms with Crippen molar-refractivity contribution in [2.75, 3.05) is 36.1 Å². The van der Waals surface area contributed by atoms with Gasteiger partial charge in [0.15, 0.2) is 0 Å². The average Bonchev–Trinajstić information content (AvgIpc) is 3.34. The highest BCUT2D eigenvalue weighted by atomic mass is 79.9. The second-order valence-corrected chi connectivity index (χ2v) is 19.3. The molecule has 2 atom stereocenters. The molecule has 0 saturated heterocycles. The Kier molecular flexibility index (Phi) is 18.1. The molecule has 0 radical (unpaired) electrons. The predicted molar refractivity (Wildman–Crippen MR) is 282 cm³/mol. The molecule has 0 aliphatic heterocycles. The number of hydrogen-bond acceptors (Lipinski definition) is 11. The summed E-state index contributed by atoms with van der Waals surface area (Å²) in [6.07, 6.45) is 3.02. The standard InChI is InChI=1S/C50H52Br4N6O7/c1-29(39-27-41(51)47(63)43(53)45(39)61)55-57-49(65)31(3)59(37-19-17-33-13-5-7-15-35(33)25-37)21-9-11-23-67-24-12-10-22-60(38-20-18-34-14-6-8-16-36(34)26-38)32(4)50(66)58-56-30(2)40-28-42(52)48(64)44(54)46(40)62/h5-8,13-20,25-28,31-32,61-64H,9-12,21-24H2,1-4H3,(H,57,65)(H,58,66)/b55-29-,56-30-. The highest BCUT2D eigenvalue weighted by molar-refractivity contribution is 9.11. The Morgan fingerprint density at radius 2 is 0.925 bits per heavy atom. The molecule has 0 bridgehead atoms. The monoisotopic (exact) mass is 1160 g/mol. The molecule has 0 saturated carbocycles. The van der Waals surface area contributed by atoms with Gasteiger partial charge in [0.25, 0.3) is 11.8 Å². The van der Waals surface area contributed by atoms with E-state index in [0.29, 0.717) is 57.8 Å². The van der Waals surface area contributed by atoms with Crippen LogP contribution in [0.25, 0.3) is 21.5 Å². The summed E-state index contributed by atoms with van der Waals surface area (Å²) in [5, 5.41) is 54.4. The van der Waals surface area contributed by atoms with Gasteiger partial charge in [-0.15, -0.1) is 0 Å². The van der Waals surface area contributed by atoms with E-state index in [1.807, 2.05) is 86.6 Å². The second-order valence-electron chi connectivity index (χ2n) is 16.0. The van der Waals surface area contributed by atoms with Gasteiger partial charge in [0.1, 0.15) is 44.0 Å². The molecule has 2 unspecified atom stereocenters. The van der Waals surface area contributed by atoms with Crippen LogP contribution >= 0.6 is 63.7 Å². The normalized spacial score (nSPS) is 12.8. The molecule has 0 fully saturated rings. The first-order valence-corrected chi connectivity index (χ1v) is 24.8. The number of ether oxygens (including phenoxy) is 1. The largest absolute Gasteiger partial charge is 0.506 e. The molecule has 13 nitrogen and oxygen atoms in total. The van der Waals surface area contributed by atoms with Crippen molar-refractivity contribution in [3.63, 3.8) is 0 Å². The maximum Gasteiger partial charge on any atom is 0.262 e. The van der Waals surface area contributed by atoms with Crippen molar-refractivity contribution < 1.29 is 34.8 Å². The van der Waals surface area contributed by atoms with E-state index < -0.39 is 12.1 Å². The topological polar surface area (TPSA) is 180 Å². The third kappa shape index (κ3) is 12.7. The lowest BCUT2D eigenvalue weighted by Gasteiger charge is -2.30. The number of benzene rings is 6. The summed E-state index contributed by atoms with van der Waals surface area (Å²) in [7, 11) is 0. The quantitative estimate of drug-likeness (QED) is 0.0246. The van der Waals surface area contributed by atoms with Gasteiger partial charge in [-0.3, -0.25) is 9.59 Å². The number of carbonyl (C=O) groups excluding carboxylic acids is 2. The second kappa shape index (κ2) is 23.7. The van der Waals surface area contributed by atoms with Crippen molar-refractivity contribution in [1.29, 1.82) is 0 Å². The maximum absolute atomic E-state index is 13.6. The zero-order valence-electron chi connectivity index (χ0n) is 37.4. The number of rotatable bonds is 20. The molecule has 6 aromatic rings. The van der Waals surface area contributed by atoms with E-state index in [4.69, 9.17) is 4.74 Å². The van der Waals surface area contributed by atoms with Crippen LogP contribution < -0.4 is 20.7 Å². The van der Waals surface area contributed by atoms with Crippen molar-refractivity contribution in [3.05, 3.63) is 126 Å². The van der Waals surface area contributed by atoms with Crippen LogP contribution in [0.2, 0.25) is 0 Å². The molecular weight excluding hydrogens is 1120 g/mol. The summed E-state index contributed by atoms with van der Waals surface area (Å²) < 4.78 is 7.06. The van der Waals surface area contributed by atoms with E-state index >= 15 is 0 Å². The SMILES string of the molecule is C/C(=N/NC(=O)C(C)N(CCCCOCCCCN(c1ccc2ccccc2c1)C(C)C(=O)N/N=C(/C)c1cc(Br)c(O)c(Br)c1O)c1ccc2ccccc2c1)c1cc(Br)c(O)c(Br)c1O. The minimum atomic E-state index is -0.603. The number of nitrogens with one attached hydrogen (secondary N) is 2. The molecule has 6 N–H and O–H groups in total. The molecule has 17 heteroatoms. The Morgan fingerprint density at radius 1 is 0.552 bits per heavy atom. The highest BCUT2D eigenvalue weighted by Gasteiger charge is 2.25. The summed E-state index contributed by atoms with van der Waals surface area (Å²) >= 11 is 13.0. The summed E-state index contributed by atoms with van der Waals surface area (Å²) in [6.45, 7) is 9.20. The van der Waals surface area contributed by atoms with Gasteiger partial charge in [0, 0.05) is 48.8 Å². The van der Waals surface area contributed by atoms with Gasteiger partial charge in [0.05, 0.1) is 20.4 Å². The number of nitrogens with zero attached hydrogens (tertiary/aromatic N) is 4. The van der Waals surface area contributed by atoms with Gasteiger partial charge < -0.3 is 35.0 Å². The number of aromatic hydroxyl groups is 4. The summed E-state index contributed by atoms with van der Waals surface area (Å²) in [5.41, 5.74) is 8.51. The number of hydrazone groups is 2. The van der Waals surface area contributed by atoms with Gasteiger partial charge in [-0.2, -0.15) is 10.2 Å². The molecule has 0 heterocycles. The van der Waals surface area contributed by atoms with E-state index in [-0.39, 0.29) is 43.8 Å². The van der Waals surface area contributed by atoms with Crippen LogP contribution in [0, 0.1) is 0 Å². The third-order valence-electron chi connectivity index (χ3n) is 11.5. The Hall–Kier alpha value is -5.20. The minimum Gasteiger partial charge on any atom is -0.506 e. The number of phenols is 4. The van der Waals surface area contributed by atoms with Crippen LogP contribution in [-0.4, -0.2) is 82.1 Å². The Morgan fingerprint density at radius 3 is 1.31 bits per heavy atom. The molecule has 0 aromatic heterocycles. The van der Waals surface area contributed by atoms with Crippen LogP contribution in [0.3, 0.4) is 0 Å². The predicted octanol–water partition coefficient (Wildman–Crippen LogP) is 11.6. The maximum atomic E-state index is 13.6. The average molecular weight is 1170 g/mol. The summed E-state index contributed by atoms with van der Waals surface area (Å²) in [5.74, 6) is -1.34. The minimum absolute atomic E-state index is 0.116. The van der Waals surface area contributed by atoms with Crippen molar-refractivity contribution in [2.45, 2.75) is 65.5 Å². The molecule has 6 rings (SSSR count). The van der Waals surface area contributed by atoms with E-state index in [9.17, 15) is 30.0 Å². The molecule has 2 amide bonds. The first-order valence-electron chi connectivity index (χ1n) is 21.6. The Labute approximate surface area is 423 Å². The molecule has 352 valence electrons. The van der Waals surface area contributed by atoms with Gasteiger partial charge in [0.2, 0.25) is 0 Å². The van der Waals surface area contributed by atoms with Crippen LogP contribution in [0.4, 0.5) is 11.4 Å². The number of carbonyl (C=O) groups is 2. The van der Waals surface area contributed by atoms with Crippen LogP contribution in [0.15, 0.2) is 125 Å². The number of halogens is 4. The lowest BCUT2D eigenvalue weighted by molar-refractivity contribution is -0.122. The first kappa shape index (κ1) is 51.2. The summed E-state index contributed by atoms with van der Waals surface area (Å²) in [4.78, 5) is 31.4. The fourth-order valence-electron chi connectivity index (χ4n) is 7.50. The van der Waals surface area contributed by atoms with E-state index in [0.717, 1.165) is 58.6 Å². The molecule has 6 aromatic carbocycles. The lowest BCUT2D eigenvalue weighted by Crippen LogP contribution is -2.44. The molecule has 67 heavy (non-hydrogen) atoms. The van der Waals surface area contributed by atoms with Gasteiger partial charge in [-0.25, -0.2) is 10.9 Å². The number of anilines is 2. The summed E-state index contributed by atoms with van der Waals surface area (Å²) in [6, 6.07) is 30.3. The van der Waals surface area contributed by atoms with Gasteiger partial charge >= 0.3 is 0 Å². The molecule has 0 aliphatic rings. The van der Waals surface area contributed by atoms with Crippen molar-refractivity contribution in [1.82, 2.24) is 10.9 Å². The molecular formula is C50H52Br4N6O7. The number of fused-ring (bicyclic) bond motifs is 2. The van der Waals surface area contributed by atoms with E-state index in [1.165, 1.54) is 12.1 Å². The van der Waals surface area contributed by atoms with Crippen LogP contribution in [-0.2, 0) is 14.3 Å². The van der Waals surface area contributed by atoms with Gasteiger partial charge in [-0.1, -0.05) is 60.7 Å². The zero-order valence-corrected chi connectivity index (χ0v) is 43.7. The van der Waals surface area contributed by atoms with Crippen molar-refractivity contribution in [2.24, 2.45) is 10.2 Å². The lowest BCUT2D eigenvalue weighted by atomic mass is 10.1. The molecule has 0 spiro atoms. The van der Waals surface area contributed by atoms with E-state index in [1.54, 1.807) is 13.8 Å². The Balaban J connectivity index is 1.04. The smallest absolute Gasteiger partial charge is 0.262 e. The zero-order chi connectivity index (χ0) is 48.4. The van der Waals surface area contributed by atoms with Crippen LogP contribution in [0.5, 0.6) is 23.0 Å². The number of phenolic OH excluding ortho intramolecular Hbond substituents is 4. The molecule has 0 aliphatic carbocycles. The number of hydrogen-bond donors (Lipinski definition) is 6.